The number of ether oxygens (including phenoxy) is 1. The smallest absolute Gasteiger partial charge is 0.342 e. The fraction of sp³-hybridized carbons (Fsp3) is 0.350. The summed E-state index contributed by atoms with van der Waals surface area (Å²) in [6, 6.07) is 14.2. The van der Waals surface area contributed by atoms with Gasteiger partial charge < -0.3 is 20.1 Å². The minimum Gasteiger partial charge on any atom is -0.467 e. The Bertz CT molecular complexity index is 813. The van der Waals surface area contributed by atoms with E-state index in [1.54, 1.807) is 0 Å². The Morgan fingerprint density at radius 2 is 1.88 bits per heavy atom. The highest BCUT2D eigenvalue weighted by Crippen LogP contribution is 2.31. The van der Waals surface area contributed by atoms with Crippen molar-refractivity contribution in [1.82, 2.24) is 0 Å². The van der Waals surface area contributed by atoms with Crippen LogP contribution in [0.3, 0.4) is 0 Å². The number of aryl methyl sites for hydroxylation is 1. The molecule has 1 aliphatic carbocycles. The third-order valence-corrected chi connectivity index (χ3v) is 4.74. The second-order valence-corrected chi connectivity index (χ2v) is 6.53. The predicted octanol–water partition coefficient (Wildman–Crippen LogP) is 1.73. The molecule has 0 spiro atoms. The summed E-state index contributed by atoms with van der Waals surface area (Å²) < 4.78 is 4.61. The highest BCUT2D eigenvalue weighted by atomic mass is 16.5. The molecule has 2 aromatic carbocycles. The summed E-state index contributed by atoms with van der Waals surface area (Å²) in [7, 11) is 1.18. The number of carbonyl (C=O) groups is 1. The fourth-order valence-corrected chi connectivity index (χ4v) is 3.35. The molecule has 25 heavy (non-hydrogen) atoms. The Balaban J connectivity index is 1.80. The summed E-state index contributed by atoms with van der Waals surface area (Å²) in [5, 5.41) is 32.9. The highest BCUT2D eigenvalue weighted by molar-refractivity contribution is 5.83. The van der Waals surface area contributed by atoms with Crippen LogP contribution in [0.25, 0.3) is 10.8 Å². The van der Waals surface area contributed by atoms with Gasteiger partial charge in [-0.05, 0) is 40.8 Å². The van der Waals surface area contributed by atoms with E-state index in [0.717, 1.165) is 16.3 Å². The van der Waals surface area contributed by atoms with Crippen molar-refractivity contribution < 1.29 is 24.9 Å². The van der Waals surface area contributed by atoms with Gasteiger partial charge in [-0.15, -0.1) is 0 Å². The van der Waals surface area contributed by atoms with E-state index in [4.69, 9.17) is 0 Å². The van der Waals surface area contributed by atoms with Crippen LogP contribution in [0.1, 0.15) is 18.4 Å². The number of benzene rings is 2. The van der Waals surface area contributed by atoms with Crippen molar-refractivity contribution in [3.05, 3.63) is 59.7 Å². The van der Waals surface area contributed by atoms with Crippen LogP contribution in [0.4, 0.5) is 0 Å². The van der Waals surface area contributed by atoms with Crippen molar-refractivity contribution >= 4 is 16.7 Å². The van der Waals surface area contributed by atoms with Gasteiger partial charge in [0.15, 0.2) is 5.60 Å². The largest absolute Gasteiger partial charge is 0.467 e. The van der Waals surface area contributed by atoms with Gasteiger partial charge >= 0.3 is 5.97 Å². The van der Waals surface area contributed by atoms with Crippen LogP contribution in [-0.4, -0.2) is 46.2 Å². The number of aliphatic hydroxyl groups excluding tert-OH is 2. The van der Waals surface area contributed by atoms with Crippen molar-refractivity contribution in [1.29, 1.82) is 0 Å². The topological polar surface area (TPSA) is 87.0 Å². The Labute approximate surface area is 146 Å². The number of esters is 1. The molecule has 3 atom stereocenters. The third kappa shape index (κ3) is 3.58. The maximum absolute atomic E-state index is 11.8. The highest BCUT2D eigenvalue weighted by Gasteiger charge is 2.44. The summed E-state index contributed by atoms with van der Waals surface area (Å²) in [5.41, 5.74) is -0.375. The van der Waals surface area contributed by atoms with Gasteiger partial charge in [0, 0.05) is 6.42 Å². The first-order valence-electron chi connectivity index (χ1n) is 8.29. The molecule has 0 amide bonds. The maximum atomic E-state index is 11.8. The minimum absolute atomic E-state index is 0.277. The lowest BCUT2D eigenvalue weighted by Gasteiger charge is -2.34. The molecule has 0 bridgehead atoms. The molecule has 0 aliphatic heterocycles. The van der Waals surface area contributed by atoms with Crippen LogP contribution >= 0.6 is 0 Å². The summed E-state index contributed by atoms with van der Waals surface area (Å²) >= 11 is 0. The number of hydrogen-bond donors (Lipinski definition) is 3. The fourth-order valence-electron chi connectivity index (χ4n) is 3.35. The van der Waals surface area contributed by atoms with Crippen molar-refractivity contribution in [3.8, 4) is 0 Å². The van der Waals surface area contributed by atoms with Gasteiger partial charge in [0.05, 0.1) is 13.2 Å². The number of aliphatic hydroxyl groups is 3. The average Bonchev–Trinajstić information content (AvgIpc) is 2.62. The van der Waals surface area contributed by atoms with Gasteiger partial charge in [0.2, 0.25) is 0 Å². The molecule has 0 saturated heterocycles. The second kappa shape index (κ2) is 6.96. The molecule has 0 aromatic heterocycles. The van der Waals surface area contributed by atoms with E-state index in [2.05, 4.69) is 10.8 Å². The van der Waals surface area contributed by atoms with E-state index in [-0.39, 0.29) is 6.42 Å². The van der Waals surface area contributed by atoms with Gasteiger partial charge in [-0.3, -0.25) is 0 Å². The van der Waals surface area contributed by atoms with Crippen molar-refractivity contribution in [2.24, 2.45) is 0 Å². The first-order chi connectivity index (χ1) is 11.9. The van der Waals surface area contributed by atoms with Crippen molar-refractivity contribution in [2.45, 2.75) is 37.1 Å². The minimum atomic E-state index is -1.90. The molecule has 0 heterocycles. The van der Waals surface area contributed by atoms with E-state index in [9.17, 15) is 20.1 Å². The average molecular weight is 342 g/mol. The van der Waals surface area contributed by atoms with E-state index in [1.165, 1.54) is 13.2 Å². The molecule has 1 aliphatic rings. The van der Waals surface area contributed by atoms with Crippen molar-refractivity contribution in [3.63, 3.8) is 0 Å². The molecule has 3 N–H and O–H groups in total. The van der Waals surface area contributed by atoms with Gasteiger partial charge in [-0.25, -0.2) is 4.79 Å². The van der Waals surface area contributed by atoms with Crippen LogP contribution in [0.2, 0.25) is 0 Å². The number of rotatable bonds is 4. The number of methoxy groups -OCH3 is 1. The Morgan fingerprint density at radius 1 is 1.16 bits per heavy atom. The monoisotopic (exact) mass is 342 g/mol. The summed E-state index contributed by atoms with van der Waals surface area (Å²) in [5.74, 6) is -0.832. The first kappa shape index (κ1) is 17.6. The lowest BCUT2D eigenvalue weighted by atomic mass is 9.81. The van der Waals surface area contributed by atoms with Crippen LogP contribution in [-0.2, 0) is 16.0 Å². The summed E-state index contributed by atoms with van der Waals surface area (Å²) in [6.45, 7) is 0. The molecule has 1 unspecified atom stereocenters. The first-order valence-corrected chi connectivity index (χ1v) is 8.29. The van der Waals surface area contributed by atoms with Gasteiger partial charge in [-0.1, -0.05) is 42.5 Å². The van der Waals surface area contributed by atoms with Crippen LogP contribution < -0.4 is 0 Å². The normalized spacial score (nSPS) is 26.3. The zero-order valence-corrected chi connectivity index (χ0v) is 14.1. The third-order valence-electron chi connectivity index (χ3n) is 4.74. The molecular weight excluding hydrogens is 320 g/mol. The lowest BCUT2D eigenvalue weighted by Crippen LogP contribution is -2.48. The molecule has 2 aromatic rings. The van der Waals surface area contributed by atoms with Gasteiger partial charge in [-0.2, -0.15) is 0 Å². The molecular formula is C20H22O5. The van der Waals surface area contributed by atoms with Gasteiger partial charge in [0.1, 0.15) is 6.10 Å². The SMILES string of the molecule is COC(=O)[C@]1(O)C=C(CCc2ccc3ccccc3c2)[C@@H](O)C(O)C1. The Morgan fingerprint density at radius 3 is 2.60 bits per heavy atom. The summed E-state index contributed by atoms with van der Waals surface area (Å²) in [4.78, 5) is 11.8. The van der Waals surface area contributed by atoms with E-state index in [1.807, 2.05) is 36.4 Å². The second-order valence-electron chi connectivity index (χ2n) is 6.53. The van der Waals surface area contributed by atoms with Crippen LogP contribution in [0.5, 0.6) is 0 Å². The number of hydrogen-bond acceptors (Lipinski definition) is 5. The van der Waals surface area contributed by atoms with Crippen LogP contribution in [0, 0.1) is 0 Å². The zero-order chi connectivity index (χ0) is 18.0. The Kier molecular flexibility index (Phi) is 4.90. The lowest BCUT2D eigenvalue weighted by molar-refractivity contribution is -0.162. The molecule has 3 rings (SSSR count). The van der Waals surface area contributed by atoms with Crippen LogP contribution in [0.15, 0.2) is 54.1 Å². The molecule has 0 saturated carbocycles. The van der Waals surface area contributed by atoms with Crippen molar-refractivity contribution in [2.75, 3.05) is 7.11 Å². The Hall–Kier alpha value is -2.21. The predicted molar refractivity (Wildman–Crippen MR) is 93.9 cm³/mol. The number of carbonyl (C=O) groups excluding carboxylic acids is 1. The maximum Gasteiger partial charge on any atom is 0.342 e. The molecule has 0 radical (unpaired) electrons. The standard InChI is InChI=1S/C20H22O5/c1-25-19(23)20(24)11-16(18(22)17(21)12-20)9-7-13-6-8-14-4-2-3-5-15(14)10-13/h2-6,8,10-11,17-18,21-22,24H,7,9,12H2,1H3/t17?,18-,20+/m1/s1. The molecule has 132 valence electrons. The molecule has 0 fully saturated rings. The number of fused-ring (bicyclic) bond motifs is 1. The van der Waals surface area contributed by atoms with E-state index < -0.39 is 23.8 Å². The molecule has 5 nitrogen and oxygen atoms in total. The quantitative estimate of drug-likeness (QED) is 0.582. The van der Waals surface area contributed by atoms with Gasteiger partial charge in [0.25, 0.3) is 0 Å². The van der Waals surface area contributed by atoms with E-state index >= 15 is 0 Å². The zero-order valence-electron chi connectivity index (χ0n) is 14.1. The summed E-state index contributed by atoms with van der Waals surface area (Å²) in [6.07, 6.45) is -0.198. The molecule has 5 heteroatoms. The van der Waals surface area contributed by atoms with E-state index in [0.29, 0.717) is 18.4 Å².